The summed E-state index contributed by atoms with van der Waals surface area (Å²) in [6.07, 6.45) is 1.72. The van der Waals surface area contributed by atoms with E-state index in [0.29, 0.717) is 11.4 Å². The fraction of sp³-hybridized carbons (Fsp3) is 0.294. The highest BCUT2D eigenvalue weighted by Gasteiger charge is 2.35. The standard InChI is InChI=1S/C17H19NO3S/c1-21-15-11-9-14(10-12-15)17-8-5-13-18(17)22(19,20)16-6-3-2-4-7-16/h2-4,6-7,9-12,17H,5,8,13H2,1H3/t17-/m0/s1. The first kappa shape index (κ1) is 15.1. The molecule has 1 aliphatic rings. The van der Waals surface area contributed by atoms with Gasteiger partial charge in [-0.25, -0.2) is 8.42 Å². The molecule has 116 valence electrons. The Labute approximate surface area is 131 Å². The Bertz CT molecular complexity index is 726. The van der Waals surface area contributed by atoms with Crippen LogP contribution in [-0.4, -0.2) is 26.4 Å². The molecule has 2 aromatic carbocycles. The van der Waals surface area contributed by atoms with Crippen molar-refractivity contribution in [3.05, 3.63) is 60.2 Å². The molecule has 4 nitrogen and oxygen atoms in total. The second-order valence-corrected chi connectivity index (χ2v) is 7.25. The molecule has 0 bridgehead atoms. The summed E-state index contributed by atoms with van der Waals surface area (Å²) in [7, 11) is -1.83. The van der Waals surface area contributed by atoms with Crippen molar-refractivity contribution < 1.29 is 13.2 Å². The van der Waals surface area contributed by atoms with E-state index < -0.39 is 10.0 Å². The second-order valence-electron chi connectivity index (χ2n) is 5.36. The van der Waals surface area contributed by atoms with Gasteiger partial charge in [0.15, 0.2) is 0 Å². The first-order valence-corrected chi connectivity index (χ1v) is 8.78. The number of nitrogens with zero attached hydrogens (tertiary/aromatic N) is 1. The Hall–Kier alpha value is -1.85. The fourth-order valence-corrected chi connectivity index (χ4v) is 4.62. The predicted molar refractivity (Wildman–Crippen MR) is 85.3 cm³/mol. The van der Waals surface area contributed by atoms with E-state index >= 15 is 0 Å². The van der Waals surface area contributed by atoms with Gasteiger partial charge in [-0.2, -0.15) is 4.31 Å². The Morgan fingerprint density at radius 2 is 1.73 bits per heavy atom. The number of methoxy groups -OCH3 is 1. The Kier molecular flexibility index (Phi) is 4.18. The molecule has 0 N–H and O–H groups in total. The largest absolute Gasteiger partial charge is 0.497 e. The molecule has 3 rings (SSSR count). The van der Waals surface area contributed by atoms with Gasteiger partial charge in [0.25, 0.3) is 0 Å². The maximum atomic E-state index is 12.8. The van der Waals surface area contributed by atoms with Gasteiger partial charge < -0.3 is 4.74 Å². The summed E-state index contributed by atoms with van der Waals surface area (Å²) in [5, 5.41) is 0. The lowest BCUT2D eigenvalue weighted by Crippen LogP contribution is -2.30. The Morgan fingerprint density at radius 3 is 2.36 bits per heavy atom. The van der Waals surface area contributed by atoms with Gasteiger partial charge in [-0.15, -0.1) is 0 Å². The van der Waals surface area contributed by atoms with Crippen molar-refractivity contribution in [2.45, 2.75) is 23.8 Å². The maximum absolute atomic E-state index is 12.8. The molecule has 1 fully saturated rings. The van der Waals surface area contributed by atoms with Crippen LogP contribution in [-0.2, 0) is 10.0 Å². The van der Waals surface area contributed by atoms with Crippen LogP contribution in [0.25, 0.3) is 0 Å². The molecule has 0 unspecified atom stereocenters. The smallest absolute Gasteiger partial charge is 0.243 e. The van der Waals surface area contributed by atoms with E-state index in [2.05, 4.69) is 0 Å². The van der Waals surface area contributed by atoms with Crippen molar-refractivity contribution in [2.75, 3.05) is 13.7 Å². The summed E-state index contributed by atoms with van der Waals surface area (Å²) in [5.74, 6) is 0.777. The molecule has 22 heavy (non-hydrogen) atoms. The van der Waals surface area contributed by atoms with Gasteiger partial charge in [0, 0.05) is 6.54 Å². The van der Waals surface area contributed by atoms with Crippen LogP contribution in [0, 0.1) is 0 Å². The quantitative estimate of drug-likeness (QED) is 0.870. The van der Waals surface area contributed by atoms with E-state index in [1.165, 1.54) is 0 Å². The fourth-order valence-electron chi connectivity index (χ4n) is 2.91. The van der Waals surface area contributed by atoms with Crippen molar-refractivity contribution in [2.24, 2.45) is 0 Å². The van der Waals surface area contributed by atoms with Crippen LogP contribution in [0.15, 0.2) is 59.5 Å². The van der Waals surface area contributed by atoms with Crippen LogP contribution < -0.4 is 4.74 Å². The Balaban J connectivity index is 1.92. The van der Waals surface area contributed by atoms with Crippen molar-refractivity contribution >= 4 is 10.0 Å². The SMILES string of the molecule is COc1ccc([C@@H]2CCCN2S(=O)(=O)c2ccccc2)cc1. The van der Waals surface area contributed by atoms with Gasteiger partial charge >= 0.3 is 0 Å². The zero-order chi connectivity index (χ0) is 15.6. The van der Waals surface area contributed by atoms with Crippen molar-refractivity contribution in [1.29, 1.82) is 0 Å². The molecule has 0 spiro atoms. The highest BCUT2D eigenvalue weighted by molar-refractivity contribution is 7.89. The zero-order valence-electron chi connectivity index (χ0n) is 12.5. The van der Waals surface area contributed by atoms with Crippen LogP contribution in [0.3, 0.4) is 0 Å². The molecular formula is C17H19NO3S. The van der Waals surface area contributed by atoms with E-state index in [9.17, 15) is 8.42 Å². The van der Waals surface area contributed by atoms with E-state index in [1.807, 2.05) is 30.3 Å². The molecule has 2 aromatic rings. The van der Waals surface area contributed by atoms with Crippen LogP contribution in [0.2, 0.25) is 0 Å². The molecule has 0 aromatic heterocycles. The van der Waals surface area contributed by atoms with Gasteiger partial charge in [0.05, 0.1) is 18.0 Å². The average Bonchev–Trinajstić information content (AvgIpc) is 3.06. The number of hydrogen-bond donors (Lipinski definition) is 0. The van der Waals surface area contributed by atoms with Crippen LogP contribution in [0.1, 0.15) is 24.4 Å². The second kappa shape index (κ2) is 6.10. The molecule has 0 saturated carbocycles. The number of benzene rings is 2. The average molecular weight is 317 g/mol. The first-order chi connectivity index (χ1) is 10.6. The lowest BCUT2D eigenvalue weighted by atomic mass is 10.1. The van der Waals surface area contributed by atoms with Gasteiger partial charge in [-0.05, 0) is 42.7 Å². The van der Waals surface area contributed by atoms with Gasteiger partial charge in [-0.1, -0.05) is 30.3 Å². The third kappa shape index (κ3) is 2.74. The number of rotatable bonds is 4. The van der Waals surface area contributed by atoms with Crippen LogP contribution >= 0.6 is 0 Å². The van der Waals surface area contributed by atoms with E-state index in [1.54, 1.807) is 35.7 Å². The summed E-state index contributed by atoms with van der Waals surface area (Å²) in [4.78, 5) is 0.357. The van der Waals surface area contributed by atoms with E-state index in [-0.39, 0.29) is 6.04 Å². The molecule has 0 radical (unpaired) electrons. The topological polar surface area (TPSA) is 46.6 Å². The summed E-state index contributed by atoms with van der Waals surface area (Å²) in [6.45, 7) is 0.563. The summed E-state index contributed by atoms with van der Waals surface area (Å²) in [5.41, 5.74) is 1.01. The molecule has 1 heterocycles. The third-order valence-corrected chi connectivity index (χ3v) is 5.98. The van der Waals surface area contributed by atoms with E-state index in [0.717, 1.165) is 24.2 Å². The van der Waals surface area contributed by atoms with Crippen LogP contribution in [0.4, 0.5) is 0 Å². The molecule has 0 aliphatic carbocycles. The predicted octanol–water partition coefficient (Wildman–Crippen LogP) is 3.22. The van der Waals surface area contributed by atoms with Crippen LogP contribution in [0.5, 0.6) is 5.75 Å². The molecule has 5 heteroatoms. The number of sulfonamides is 1. The zero-order valence-corrected chi connectivity index (χ0v) is 13.3. The minimum Gasteiger partial charge on any atom is -0.497 e. The summed E-state index contributed by atoms with van der Waals surface area (Å²) < 4.78 is 32.5. The van der Waals surface area contributed by atoms with Gasteiger partial charge in [0.2, 0.25) is 10.0 Å². The van der Waals surface area contributed by atoms with Crippen molar-refractivity contribution in [3.63, 3.8) is 0 Å². The molecule has 1 saturated heterocycles. The minimum absolute atomic E-state index is 0.101. The number of hydrogen-bond acceptors (Lipinski definition) is 3. The molecule has 1 atom stereocenters. The van der Waals surface area contributed by atoms with Crippen molar-refractivity contribution in [3.8, 4) is 5.75 Å². The summed E-state index contributed by atoms with van der Waals surface area (Å²) in [6, 6.07) is 16.2. The third-order valence-electron chi connectivity index (χ3n) is 4.05. The maximum Gasteiger partial charge on any atom is 0.243 e. The normalized spacial score (nSPS) is 19.2. The molecule has 0 amide bonds. The lowest BCUT2D eigenvalue weighted by Gasteiger charge is -2.24. The highest BCUT2D eigenvalue weighted by atomic mass is 32.2. The van der Waals surface area contributed by atoms with Gasteiger partial charge in [-0.3, -0.25) is 0 Å². The number of ether oxygens (including phenoxy) is 1. The van der Waals surface area contributed by atoms with E-state index in [4.69, 9.17) is 4.74 Å². The molecule has 1 aliphatic heterocycles. The summed E-state index contributed by atoms with van der Waals surface area (Å²) >= 11 is 0. The van der Waals surface area contributed by atoms with Crippen molar-refractivity contribution in [1.82, 2.24) is 4.31 Å². The Morgan fingerprint density at radius 1 is 1.05 bits per heavy atom. The monoisotopic (exact) mass is 317 g/mol. The van der Waals surface area contributed by atoms with Gasteiger partial charge in [0.1, 0.15) is 5.75 Å². The first-order valence-electron chi connectivity index (χ1n) is 7.34. The minimum atomic E-state index is -3.45. The molecular weight excluding hydrogens is 298 g/mol. The lowest BCUT2D eigenvalue weighted by molar-refractivity contribution is 0.394. The highest BCUT2D eigenvalue weighted by Crippen LogP contribution is 2.36.